The summed E-state index contributed by atoms with van der Waals surface area (Å²) in [7, 11) is 0. The highest BCUT2D eigenvalue weighted by molar-refractivity contribution is 5.98. The number of carbonyl (C=O) groups excluding carboxylic acids is 1. The summed E-state index contributed by atoms with van der Waals surface area (Å²) in [6.07, 6.45) is 0.601. The van der Waals surface area contributed by atoms with Crippen LogP contribution in [-0.2, 0) is 6.18 Å². The van der Waals surface area contributed by atoms with Crippen LogP contribution >= 0.6 is 0 Å². The second kappa shape index (κ2) is 7.62. The smallest absolute Gasteiger partial charge is 0.416 e. The van der Waals surface area contributed by atoms with Crippen molar-refractivity contribution in [2.45, 2.75) is 12.3 Å². The van der Waals surface area contributed by atoms with Crippen LogP contribution in [0.4, 0.5) is 13.2 Å². The van der Waals surface area contributed by atoms with E-state index in [2.05, 4.69) is 10.3 Å². The lowest BCUT2D eigenvalue weighted by Crippen LogP contribution is -2.42. The standard InChI is InChI=1S/C21H18F3N3O2/c22-21(23,24)16-5-2-14(3-6-16)15-4-7-18-17(12-15)20(28)27(10-11-29-18)13-19-25-8-1-9-26-19/h1-9,12,19,25H,10-11,13H2. The van der Waals surface area contributed by atoms with Gasteiger partial charge >= 0.3 is 6.18 Å². The van der Waals surface area contributed by atoms with Gasteiger partial charge in [0.15, 0.2) is 0 Å². The molecule has 1 unspecified atom stereocenters. The van der Waals surface area contributed by atoms with E-state index >= 15 is 0 Å². The maximum absolute atomic E-state index is 13.1. The number of halogens is 3. The summed E-state index contributed by atoms with van der Waals surface area (Å²) in [5.41, 5.74) is 0.910. The van der Waals surface area contributed by atoms with E-state index in [-0.39, 0.29) is 12.1 Å². The van der Waals surface area contributed by atoms with Gasteiger partial charge in [-0.05, 0) is 47.7 Å². The van der Waals surface area contributed by atoms with Gasteiger partial charge in [-0.2, -0.15) is 13.2 Å². The van der Waals surface area contributed by atoms with Gasteiger partial charge in [-0.25, -0.2) is 0 Å². The van der Waals surface area contributed by atoms with Gasteiger partial charge in [0.05, 0.1) is 24.2 Å². The van der Waals surface area contributed by atoms with Gasteiger partial charge in [0.2, 0.25) is 0 Å². The van der Waals surface area contributed by atoms with Gasteiger partial charge in [0.25, 0.3) is 5.91 Å². The van der Waals surface area contributed by atoms with Gasteiger partial charge in [-0.15, -0.1) is 0 Å². The Kier molecular flexibility index (Phi) is 5.00. The SMILES string of the molecule is O=C1c2cc(-c3ccc(C(F)(F)F)cc3)ccc2OCCN1CC1N=CC=CN1. The fourth-order valence-corrected chi connectivity index (χ4v) is 3.28. The second-order valence-electron chi connectivity index (χ2n) is 6.73. The zero-order chi connectivity index (χ0) is 20.4. The quantitative estimate of drug-likeness (QED) is 0.853. The van der Waals surface area contributed by atoms with Crippen molar-refractivity contribution in [2.75, 3.05) is 19.7 Å². The molecule has 29 heavy (non-hydrogen) atoms. The molecule has 4 rings (SSSR count). The van der Waals surface area contributed by atoms with Crippen LogP contribution in [-0.4, -0.2) is 42.9 Å². The van der Waals surface area contributed by atoms with Gasteiger partial charge in [0, 0.05) is 6.21 Å². The molecule has 0 fully saturated rings. The molecular weight excluding hydrogens is 383 g/mol. The molecule has 0 radical (unpaired) electrons. The number of amides is 1. The molecule has 0 bridgehead atoms. The van der Waals surface area contributed by atoms with Gasteiger partial charge in [-0.1, -0.05) is 18.2 Å². The van der Waals surface area contributed by atoms with Crippen LogP contribution in [0.5, 0.6) is 5.75 Å². The number of alkyl halides is 3. The van der Waals surface area contributed by atoms with Crippen LogP contribution in [0.2, 0.25) is 0 Å². The minimum absolute atomic E-state index is 0.196. The third kappa shape index (κ3) is 4.11. The number of rotatable bonds is 3. The highest BCUT2D eigenvalue weighted by Crippen LogP contribution is 2.33. The van der Waals surface area contributed by atoms with Crippen LogP contribution in [0.25, 0.3) is 11.1 Å². The molecule has 2 heterocycles. The summed E-state index contributed by atoms with van der Waals surface area (Å²) in [4.78, 5) is 19.0. The van der Waals surface area contributed by atoms with Crippen molar-refractivity contribution in [3.8, 4) is 16.9 Å². The molecule has 2 aliphatic heterocycles. The number of benzene rings is 2. The molecule has 0 spiro atoms. The number of hydrogen-bond donors (Lipinski definition) is 1. The lowest BCUT2D eigenvalue weighted by molar-refractivity contribution is -0.137. The van der Waals surface area contributed by atoms with Crippen molar-refractivity contribution in [3.63, 3.8) is 0 Å². The van der Waals surface area contributed by atoms with E-state index < -0.39 is 11.7 Å². The molecule has 1 N–H and O–H groups in total. The monoisotopic (exact) mass is 401 g/mol. The van der Waals surface area contributed by atoms with Crippen LogP contribution in [0, 0.1) is 0 Å². The first-order valence-electron chi connectivity index (χ1n) is 9.10. The first kappa shape index (κ1) is 19.0. The van der Waals surface area contributed by atoms with Crippen LogP contribution in [0.3, 0.4) is 0 Å². The molecule has 0 aliphatic carbocycles. The number of fused-ring (bicyclic) bond motifs is 1. The van der Waals surface area contributed by atoms with E-state index in [1.165, 1.54) is 12.1 Å². The summed E-state index contributed by atoms with van der Waals surface area (Å²) in [6.45, 7) is 1.15. The summed E-state index contributed by atoms with van der Waals surface area (Å²) < 4.78 is 44.1. The molecule has 2 aliphatic rings. The number of aliphatic imine (C=N–C) groups is 1. The minimum Gasteiger partial charge on any atom is -0.491 e. The Morgan fingerprint density at radius 1 is 1.14 bits per heavy atom. The van der Waals surface area contributed by atoms with E-state index in [9.17, 15) is 18.0 Å². The minimum atomic E-state index is -4.39. The van der Waals surface area contributed by atoms with E-state index in [1.54, 1.807) is 41.6 Å². The lowest BCUT2D eigenvalue weighted by Gasteiger charge is -2.25. The third-order valence-electron chi connectivity index (χ3n) is 4.79. The van der Waals surface area contributed by atoms with Crippen LogP contribution in [0.15, 0.2) is 59.7 Å². The second-order valence-corrected chi connectivity index (χ2v) is 6.73. The molecule has 0 aromatic heterocycles. The first-order chi connectivity index (χ1) is 13.9. The molecule has 150 valence electrons. The Morgan fingerprint density at radius 2 is 1.90 bits per heavy atom. The first-order valence-corrected chi connectivity index (χ1v) is 9.10. The average molecular weight is 401 g/mol. The molecule has 2 aromatic rings. The number of hydrogen-bond acceptors (Lipinski definition) is 4. The van der Waals surface area contributed by atoms with Crippen LogP contribution in [0.1, 0.15) is 15.9 Å². The van der Waals surface area contributed by atoms with E-state index in [0.717, 1.165) is 12.1 Å². The fraction of sp³-hybridized carbons (Fsp3) is 0.238. The maximum Gasteiger partial charge on any atom is 0.416 e. The summed E-state index contributed by atoms with van der Waals surface area (Å²) in [5.74, 6) is 0.269. The highest BCUT2D eigenvalue weighted by atomic mass is 19.4. The number of ether oxygens (including phenoxy) is 1. The van der Waals surface area contributed by atoms with E-state index in [0.29, 0.717) is 42.1 Å². The molecule has 1 amide bonds. The zero-order valence-corrected chi connectivity index (χ0v) is 15.3. The maximum atomic E-state index is 13.1. The van der Waals surface area contributed by atoms with Gasteiger partial charge < -0.3 is 15.0 Å². The van der Waals surface area contributed by atoms with E-state index in [4.69, 9.17) is 4.74 Å². The topological polar surface area (TPSA) is 53.9 Å². The van der Waals surface area contributed by atoms with Crippen molar-refractivity contribution >= 4 is 12.1 Å². The Hall–Kier alpha value is -3.29. The van der Waals surface area contributed by atoms with Crippen molar-refractivity contribution in [1.29, 1.82) is 0 Å². The largest absolute Gasteiger partial charge is 0.491 e. The molecule has 1 atom stereocenters. The summed E-state index contributed by atoms with van der Waals surface area (Å²) in [5, 5.41) is 3.08. The molecule has 0 saturated heterocycles. The van der Waals surface area contributed by atoms with Crippen LogP contribution < -0.4 is 10.1 Å². The van der Waals surface area contributed by atoms with Gasteiger partial charge in [0.1, 0.15) is 18.5 Å². The lowest BCUT2D eigenvalue weighted by atomic mass is 10.0. The number of nitrogens with one attached hydrogen (secondary N) is 1. The highest BCUT2D eigenvalue weighted by Gasteiger charge is 2.30. The Labute approximate surface area is 165 Å². The number of nitrogens with zero attached hydrogens (tertiary/aromatic N) is 2. The van der Waals surface area contributed by atoms with Crippen molar-refractivity contribution in [3.05, 3.63) is 65.9 Å². The molecule has 2 aromatic carbocycles. The van der Waals surface area contributed by atoms with Crippen molar-refractivity contribution < 1.29 is 22.7 Å². The number of allylic oxidation sites excluding steroid dienone is 1. The fourth-order valence-electron chi connectivity index (χ4n) is 3.28. The van der Waals surface area contributed by atoms with Gasteiger partial charge in [-0.3, -0.25) is 9.79 Å². The van der Waals surface area contributed by atoms with Crippen molar-refractivity contribution in [2.24, 2.45) is 4.99 Å². The Bertz CT molecular complexity index is 968. The Balaban J connectivity index is 1.60. The normalized spacial score (nSPS) is 18.7. The third-order valence-corrected chi connectivity index (χ3v) is 4.79. The van der Waals surface area contributed by atoms with E-state index in [1.807, 2.05) is 0 Å². The zero-order valence-electron chi connectivity index (χ0n) is 15.3. The predicted octanol–water partition coefficient (Wildman–Crippen LogP) is 3.72. The summed E-state index contributed by atoms with van der Waals surface area (Å²) in [6, 6.07) is 9.95. The predicted molar refractivity (Wildman–Crippen MR) is 103 cm³/mol. The molecule has 8 heteroatoms. The summed E-state index contributed by atoms with van der Waals surface area (Å²) >= 11 is 0. The molecule has 0 saturated carbocycles. The Morgan fingerprint density at radius 3 is 2.59 bits per heavy atom. The van der Waals surface area contributed by atoms with Crippen molar-refractivity contribution in [1.82, 2.24) is 10.2 Å². The average Bonchev–Trinajstić information content (AvgIpc) is 2.87. The number of carbonyl (C=O) groups is 1. The molecule has 5 nitrogen and oxygen atoms in total. The molecular formula is C21H18F3N3O2.